The summed E-state index contributed by atoms with van der Waals surface area (Å²) < 4.78 is 0. The predicted molar refractivity (Wildman–Crippen MR) is 75.0 cm³/mol. The topological polar surface area (TPSA) is 27.8 Å². The Bertz CT molecular complexity index is 514. The largest absolute Gasteiger partial charge is 0.358 e. The minimum atomic E-state index is 0.507. The number of aromatic nitrogens is 1. The zero-order valence-electron chi connectivity index (χ0n) is 10.6. The molecule has 0 aliphatic carbocycles. The summed E-state index contributed by atoms with van der Waals surface area (Å²) in [6, 6.07) is 6.08. The van der Waals surface area contributed by atoms with E-state index < -0.39 is 0 Å². The summed E-state index contributed by atoms with van der Waals surface area (Å²) in [6.07, 6.45) is 1.05. The summed E-state index contributed by atoms with van der Waals surface area (Å²) in [5.41, 5.74) is 3.89. The van der Waals surface area contributed by atoms with E-state index in [4.69, 9.17) is 11.6 Å². The van der Waals surface area contributed by atoms with Crippen LogP contribution in [-0.2, 0) is 6.42 Å². The molecule has 0 bridgehead atoms. The van der Waals surface area contributed by atoms with Crippen molar-refractivity contribution in [2.24, 2.45) is 0 Å². The van der Waals surface area contributed by atoms with E-state index in [0.29, 0.717) is 5.92 Å². The van der Waals surface area contributed by atoms with Crippen LogP contribution in [0.25, 0.3) is 10.9 Å². The fourth-order valence-electron chi connectivity index (χ4n) is 2.26. The van der Waals surface area contributed by atoms with Gasteiger partial charge in [-0.25, -0.2) is 0 Å². The SMILES string of the molecule is CNCCc1c(C(C)C)[nH]c2cc(Cl)ccc12. The number of benzene rings is 1. The standard InChI is InChI=1S/C14H19ClN2/c1-9(2)14-12(6-7-16-3)11-5-4-10(15)8-13(11)17-14/h4-5,8-9,16-17H,6-7H2,1-3H3. The van der Waals surface area contributed by atoms with Gasteiger partial charge in [-0.05, 0) is 43.6 Å². The van der Waals surface area contributed by atoms with E-state index in [1.54, 1.807) is 0 Å². The van der Waals surface area contributed by atoms with Gasteiger partial charge in [-0.1, -0.05) is 31.5 Å². The molecule has 0 unspecified atom stereocenters. The van der Waals surface area contributed by atoms with Crippen LogP contribution in [0.2, 0.25) is 5.02 Å². The first-order valence-corrected chi connectivity index (χ1v) is 6.46. The lowest BCUT2D eigenvalue weighted by molar-refractivity contribution is 0.764. The second-order valence-corrected chi connectivity index (χ2v) is 5.15. The van der Waals surface area contributed by atoms with Crippen LogP contribution in [0, 0.1) is 0 Å². The quantitative estimate of drug-likeness (QED) is 0.851. The monoisotopic (exact) mass is 250 g/mol. The van der Waals surface area contributed by atoms with Gasteiger partial charge < -0.3 is 10.3 Å². The van der Waals surface area contributed by atoms with Crippen molar-refractivity contribution in [3.05, 3.63) is 34.5 Å². The van der Waals surface area contributed by atoms with Crippen LogP contribution in [0.15, 0.2) is 18.2 Å². The molecule has 0 radical (unpaired) electrons. The molecular weight excluding hydrogens is 232 g/mol. The van der Waals surface area contributed by atoms with Crippen molar-refractivity contribution in [3.63, 3.8) is 0 Å². The molecule has 2 aromatic rings. The van der Waals surface area contributed by atoms with Crippen molar-refractivity contribution >= 4 is 22.5 Å². The van der Waals surface area contributed by atoms with Gasteiger partial charge in [-0.15, -0.1) is 0 Å². The van der Waals surface area contributed by atoms with E-state index in [9.17, 15) is 0 Å². The van der Waals surface area contributed by atoms with E-state index in [1.807, 2.05) is 19.2 Å². The van der Waals surface area contributed by atoms with Gasteiger partial charge >= 0.3 is 0 Å². The Kier molecular flexibility index (Phi) is 3.75. The molecule has 1 aromatic heterocycles. The highest BCUT2D eigenvalue weighted by Crippen LogP contribution is 2.29. The van der Waals surface area contributed by atoms with Gasteiger partial charge in [0, 0.05) is 21.6 Å². The summed E-state index contributed by atoms with van der Waals surface area (Å²) in [5, 5.41) is 5.29. The fourth-order valence-corrected chi connectivity index (χ4v) is 2.43. The van der Waals surface area contributed by atoms with Crippen LogP contribution in [0.4, 0.5) is 0 Å². The van der Waals surface area contributed by atoms with Crippen LogP contribution >= 0.6 is 11.6 Å². The summed E-state index contributed by atoms with van der Waals surface area (Å²) in [4.78, 5) is 3.50. The second-order valence-electron chi connectivity index (χ2n) is 4.72. The number of hydrogen-bond donors (Lipinski definition) is 2. The summed E-state index contributed by atoms with van der Waals surface area (Å²) in [7, 11) is 1.99. The summed E-state index contributed by atoms with van der Waals surface area (Å²) in [6.45, 7) is 5.43. The highest BCUT2D eigenvalue weighted by Gasteiger charge is 2.13. The Morgan fingerprint density at radius 3 is 2.76 bits per heavy atom. The van der Waals surface area contributed by atoms with E-state index in [2.05, 4.69) is 30.2 Å². The van der Waals surface area contributed by atoms with Crippen LogP contribution < -0.4 is 5.32 Å². The maximum absolute atomic E-state index is 6.03. The van der Waals surface area contributed by atoms with Crippen molar-refractivity contribution in [1.82, 2.24) is 10.3 Å². The number of likely N-dealkylation sites (N-methyl/N-ethyl adjacent to an activating group) is 1. The first-order valence-electron chi connectivity index (χ1n) is 6.08. The smallest absolute Gasteiger partial charge is 0.0473 e. The van der Waals surface area contributed by atoms with Crippen molar-refractivity contribution in [2.75, 3.05) is 13.6 Å². The highest BCUT2D eigenvalue weighted by molar-refractivity contribution is 6.31. The molecule has 0 aliphatic heterocycles. The molecular formula is C14H19ClN2. The Hall–Kier alpha value is -0.990. The summed E-state index contributed by atoms with van der Waals surface area (Å²) in [5.74, 6) is 0.507. The highest BCUT2D eigenvalue weighted by atomic mass is 35.5. The van der Waals surface area contributed by atoms with E-state index >= 15 is 0 Å². The molecule has 2 N–H and O–H groups in total. The van der Waals surface area contributed by atoms with Gasteiger partial charge in [0.25, 0.3) is 0 Å². The zero-order valence-corrected chi connectivity index (χ0v) is 11.4. The lowest BCUT2D eigenvalue weighted by atomic mass is 10.0. The first-order chi connectivity index (χ1) is 8.13. The average Bonchev–Trinajstić information content (AvgIpc) is 2.64. The number of halogens is 1. The Morgan fingerprint density at radius 1 is 1.35 bits per heavy atom. The van der Waals surface area contributed by atoms with Gasteiger partial charge in [0.15, 0.2) is 0 Å². The van der Waals surface area contributed by atoms with Crippen molar-refractivity contribution < 1.29 is 0 Å². The van der Waals surface area contributed by atoms with Crippen molar-refractivity contribution in [2.45, 2.75) is 26.2 Å². The average molecular weight is 251 g/mol. The predicted octanol–water partition coefficient (Wildman–Crippen LogP) is 3.71. The van der Waals surface area contributed by atoms with Gasteiger partial charge in [0.2, 0.25) is 0 Å². The maximum atomic E-state index is 6.03. The molecule has 0 atom stereocenters. The maximum Gasteiger partial charge on any atom is 0.0473 e. The lowest BCUT2D eigenvalue weighted by Gasteiger charge is -2.07. The number of nitrogens with one attached hydrogen (secondary N) is 2. The molecule has 0 spiro atoms. The van der Waals surface area contributed by atoms with Gasteiger partial charge in [-0.3, -0.25) is 0 Å². The molecule has 0 fully saturated rings. The summed E-state index contributed by atoms with van der Waals surface area (Å²) >= 11 is 6.03. The minimum Gasteiger partial charge on any atom is -0.358 e. The molecule has 1 heterocycles. The van der Waals surface area contributed by atoms with E-state index in [0.717, 1.165) is 23.5 Å². The van der Waals surface area contributed by atoms with Gasteiger partial charge in [0.1, 0.15) is 0 Å². The van der Waals surface area contributed by atoms with E-state index in [-0.39, 0.29) is 0 Å². The third-order valence-electron chi connectivity index (χ3n) is 3.10. The number of aromatic amines is 1. The normalized spacial score (nSPS) is 11.6. The lowest BCUT2D eigenvalue weighted by Crippen LogP contribution is -2.11. The molecule has 3 heteroatoms. The third kappa shape index (κ3) is 2.48. The molecule has 2 rings (SSSR count). The Labute approximate surface area is 107 Å². The van der Waals surface area contributed by atoms with Crippen LogP contribution in [0.3, 0.4) is 0 Å². The Balaban J connectivity index is 2.54. The fraction of sp³-hybridized carbons (Fsp3) is 0.429. The zero-order chi connectivity index (χ0) is 12.4. The van der Waals surface area contributed by atoms with E-state index in [1.165, 1.54) is 16.6 Å². The van der Waals surface area contributed by atoms with Gasteiger partial charge in [-0.2, -0.15) is 0 Å². The van der Waals surface area contributed by atoms with Crippen LogP contribution in [0.1, 0.15) is 31.0 Å². The second kappa shape index (κ2) is 5.11. The third-order valence-corrected chi connectivity index (χ3v) is 3.34. The molecule has 1 aromatic carbocycles. The molecule has 0 saturated carbocycles. The number of H-pyrrole nitrogens is 1. The number of fused-ring (bicyclic) bond motifs is 1. The molecule has 2 nitrogen and oxygen atoms in total. The first kappa shape index (κ1) is 12.5. The van der Waals surface area contributed by atoms with Crippen molar-refractivity contribution in [1.29, 1.82) is 0 Å². The molecule has 0 amide bonds. The molecule has 17 heavy (non-hydrogen) atoms. The van der Waals surface area contributed by atoms with Crippen LogP contribution in [0.5, 0.6) is 0 Å². The van der Waals surface area contributed by atoms with Crippen molar-refractivity contribution in [3.8, 4) is 0 Å². The molecule has 92 valence electrons. The van der Waals surface area contributed by atoms with Crippen LogP contribution in [-0.4, -0.2) is 18.6 Å². The molecule has 0 aliphatic rings. The number of hydrogen-bond acceptors (Lipinski definition) is 1. The Morgan fingerprint density at radius 2 is 2.12 bits per heavy atom. The number of rotatable bonds is 4. The van der Waals surface area contributed by atoms with Gasteiger partial charge in [0.05, 0.1) is 0 Å². The minimum absolute atomic E-state index is 0.507. The molecule has 0 saturated heterocycles.